The Morgan fingerprint density at radius 2 is 1.67 bits per heavy atom. The van der Waals surface area contributed by atoms with Crippen LogP contribution in [0.5, 0.6) is 11.5 Å². The van der Waals surface area contributed by atoms with Crippen molar-refractivity contribution in [3.05, 3.63) is 65.4 Å². The molecule has 0 radical (unpaired) electrons. The van der Waals surface area contributed by atoms with Crippen LogP contribution in [-0.4, -0.2) is 24.2 Å². The van der Waals surface area contributed by atoms with Crippen LogP contribution >= 0.6 is 0 Å². The number of benzene rings is 2. The van der Waals surface area contributed by atoms with Crippen molar-refractivity contribution in [3.63, 3.8) is 0 Å². The molecule has 0 unspecified atom stereocenters. The van der Waals surface area contributed by atoms with Crippen molar-refractivity contribution in [2.75, 3.05) is 24.9 Å². The van der Waals surface area contributed by atoms with E-state index < -0.39 is 0 Å². The van der Waals surface area contributed by atoms with Crippen LogP contribution in [0.1, 0.15) is 16.7 Å². The van der Waals surface area contributed by atoms with Crippen molar-refractivity contribution in [3.8, 4) is 11.5 Å². The summed E-state index contributed by atoms with van der Waals surface area (Å²) in [5.74, 6) is 2.71. The van der Waals surface area contributed by atoms with Gasteiger partial charge < -0.3 is 20.1 Å². The molecule has 1 aromatic heterocycles. The van der Waals surface area contributed by atoms with Crippen molar-refractivity contribution in [1.82, 2.24) is 9.97 Å². The van der Waals surface area contributed by atoms with Crippen molar-refractivity contribution in [1.29, 1.82) is 0 Å². The molecule has 3 aromatic rings. The zero-order valence-electron chi connectivity index (χ0n) is 16.0. The molecule has 0 aliphatic heterocycles. The number of para-hydroxylation sites is 1. The van der Waals surface area contributed by atoms with Crippen molar-refractivity contribution in [2.45, 2.75) is 20.4 Å². The van der Waals surface area contributed by atoms with Gasteiger partial charge in [-0.1, -0.05) is 24.3 Å². The maximum absolute atomic E-state index is 5.34. The van der Waals surface area contributed by atoms with E-state index in [4.69, 9.17) is 9.47 Å². The highest BCUT2D eigenvalue weighted by Gasteiger charge is 2.07. The lowest BCUT2D eigenvalue weighted by molar-refractivity contribution is 0.354. The SMILES string of the molecule is COc1ccc(CNc2nccc(Nc3c(C)cccc3C)n2)cc1OC. The third kappa shape index (κ3) is 4.47. The number of nitrogens with one attached hydrogen (secondary N) is 2. The zero-order chi connectivity index (χ0) is 19.2. The van der Waals surface area contributed by atoms with Gasteiger partial charge in [0.05, 0.1) is 14.2 Å². The number of aromatic nitrogens is 2. The van der Waals surface area contributed by atoms with Gasteiger partial charge in [-0.2, -0.15) is 4.98 Å². The van der Waals surface area contributed by atoms with E-state index in [9.17, 15) is 0 Å². The molecule has 0 spiro atoms. The maximum atomic E-state index is 5.34. The molecule has 0 aliphatic carbocycles. The summed E-state index contributed by atoms with van der Waals surface area (Å²) in [6.07, 6.45) is 1.74. The minimum atomic E-state index is 0.557. The molecule has 0 amide bonds. The smallest absolute Gasteiger partial charge is 0.224 e. The van der Waals surface area contributed by atoms with E-state index in [-0.39, 0.29) is 0 Å². The van der Waals surface area contributed by atoms with E-state index in [2.05, 4.69) is 46.6 Å². The van der Waals surface area contributed by atoms with Crippen molar-refractivity contribution in [2.24, 2.45) is 0 Å². The van der Waals surface area contributed by atoms with Crippen molar-refractivity contribution >= 4 is 17.5 Å². The molecule has 3 rings (SSSR count). The molecule has 1 heterocycles. The summed E-state index contributed by atoms with van der Waals surface area (Å²) in [5.41, 5.74) is 4.47. The average molecular weight is 364 g/mol. The van der Waals surface area contributed by atoms with Crippen LogP contribution in [0.25, 0.3) is 0 Å². The Balaban J connectivity index is 1.71. The van der Waals surface area contributed by atoms with E-state index in [1.54, 1.807) is 20.4 Å². The van der Waals surface area contributed by atoms with Gasteiger partial charge in [-0.3, -0.25) is 0 Å². The Morgan fingerprint density at radius 3 is 2.37 bits per heavy atom. The first-order valence-electron chi connectivity index (χ1n) is 8.71. The third-order valence-corrected chi connectivity index (χ3v) is 4.29. The Morgan fingerprint density at radius 1 is 0.926 bits per heavy atom. The van der Waals surface area contributed by atoms with Gasteiger partial charge in [-0.05, 0) is 48.7 Å². The molecule has 0 aliphatic rings. The monoisotopic (exact) mass is 364 g/mol. The van der Waals surface area contributed by atoms with Gasteiger partial charge in [0.25, 0.3) is 0 Å². The predicted molar refractivity (Wildman–Crippen MR) is 108 cm³/mol. The largest absolute Gasteiger partial charge is 0.493 e. The van der Waals surface area contributed by atoms with Crippen LogP contribution in [-0.2, 0) is 6.54 Å². The number of aryl methyl sites for hydroxylation is 2. The summed E-state index contributed by atoms with van der Waals surface area (Å²) < 4.78 is 10.6. The van der Waals surface area contributed by atoms with Gasteiger partial charge >= 0.3 is 0 Å². The molecular formula is C21H24N4O2. The number of hydrogen-bond donors (Lipinski definition) is 2. The van der Waals surface area contributed by atoms with Crippen LogP contribution in [0, 0.1) is 13.8 Å². The first kappa shape index (κ1) is 18.5. The summed E-state index contributed by atoms with van der Waals surface area (Å²) in [7, 11) is 3.25. The molecule has 0 atom stereocenters. The number of anilines is 3. The summed E-state index contributed by atoms with van der Waals surface area (Å²) in [6.45, 7) is 4.73. The second kappa shape index (κ2) is 8.40. The summed E-state index contributed by atoms with van der Waals surface area (Å²) in [6, 6.07) is 13.9. The topological polar surface area (TPSA) is 68.3 Å². The number of methoxy groups -OCH3 is 2. The van der Waals surface area contributed by atoms with Crippen LogP contribution in [0.2, 0.25) is 0 Å². The highest BCUT2D eigenvalue weighted by atomic mass is 16.5. The minimum Gasteiger partial charge on any atom is -0.493 e. The lowest BCUT2D eigenvalue weighted by Gasteiger charge is -2.13. The van der Waals surface area contributed by atoms with E-state index in [0.29, 0.717) is 24.0 Å². The molecule has 140 valence electrons. The zero-order valence-corrected chi connectivity index (χ0v) is 16.0. The predicted octanol–water partition coefficient (Wildman–Crippen LogP) is 4.47. The first-order valence-corrected chi connectivity index (χ1v) is 8.71. The molecule has 27 heavy (non-hydrogen) atoms. The molecule has 2 N–H and O–H groups in total. The highest BCUT2D eigenvalue weighted by molar-refractivity contribution is 5.64. The average Bonchev–Trinajstić information content (AvgIpc) is 2.69. The summed E-state index contributed by atoms with van der Waals surface area (Å²) in [4.78, 5) is 8.85. The van der Waals surface area contributed by atoms with Crippen LogP contribution < -0.4 is 20.1 Å². The Labute approximate surface area is 159 Å². The fourth-order valence-electron chi connectivity index (χ4n) is 2.82. The fraction of sp³-hybridized carbons (Fsp3) is 0.238. The quantitative estimate of drug-likeness (QED) is 0.645. The van der Waals surface area contributed by atoms with Crippen LogP contribution in [0.15, 0.2) is 48.7 Å². The van der Waals surface area contributed by atoms with Crippen LogP contribution in [0.4, 0.5) is 17.5 Å². The number of hydrogen-bond acceptors (Lipinski definition) is 6. The maximum Gasteiger partial charge on any atom is 0.224 e. The van der Waals surface area contributed by atoms with E-state index in [0.717, 1.165) is 17.1 Å². The Hall–Kier alpha value is -3.28. The van der Waals surface area contributed by atoms with E-state index in [1.165, 1.54) is 11.1 Å². The van der Waals surface area contributed by atoms with Gasteiger partial charge in [0.15, 0.2) is 11.5 Å². The Bertz CT molecular complexity index is 908. The molecule has 6 heteroatoms. The first-order chi connectivity index (χ1) is 13.1. The number of nitrogens with zero attached hydrogens (tertiary/aromatic N) is 2. The number of ether oxygens (including phenoxy) is 2. The second-order valence-corrected chi connectivity index (χ2v) is 6.20. The molecule has 0 saturated carbocycles. The Kier molecular flexibility index (Phi) is 5.76. The molecule has 0 bridgehead atoms. The second-order valence-electron chi connectivity index (χ2n) is 6.20. The lowest BCUT2D eigenvalue weighted by Crippen LogP contribution is -2.06. The standard InChI is InChI=1S/C21H24N4O2/c1-14-6-5-7-15(2)20(14)24-19-10-11-22-21(25-19)23-13-16-8-9-17(26-3)18(12-16)27-4/h5-12H,13H2,1-4H3,(H2,22,23,24,25). The molecule has 0 fully saturated rings. The lowest BCUT2D eigenvalue weighted by atomic mass is 10.1. The van der Waals surface area contributed by atoms with E-state index in [1.807, 2.05) is 30.3 Å². The van der Waals surface area contributed by atoms with Gasteiger partial charge in [0.1, 0.15) is 5.82 Å². The normalized spacial score (nSPS) is 10.4. The van der Waals surface area contributed by atoms with Crippen molar-refractivity contribution < 1.29 is 9.47 Å². The fourth-order valence-corrected chi connectivity index (χ4v) is 2.82. The van der Waals surface area contributed by atoms with E-state index >= 15 is 0 Å². The summed E-state index contributed by atoms with van der Waals surface area (Å²) in [5, 5.41) is 6.63. The third-order valence-electron chi connectivity index (χ3n) is 4.29. The molecular weight excluding hydrogens is 340 g/mol. The van der Waals surface area contributed by atoms with Gasteiger partial charge in [0.2, 0.25) is 5.95 Å². The number of rotatable bonds is 7. The van der Waals surface area contributed by atoms with Gasteiger partial charge in [-0.25, -0.2) is 4.98 Å². The van der Waals surface area contributed by atoms with Crippen LogP contribution in [0.3, 0.4) is 0 Å². The molecule has 6 nitrogen and oxygen atoms in total. The molecule has 2 aromatic carbocycles. The van der Waals surface area contributed by atoms with Gasteiger partial charge in [-0.15, -0.1) is 0 Å². The molecule has 0 saturated heterocycles. The minimum absolute atomic E-state index is 0.557. The highest BCUT2D eigenvalue weighted by Crippen LogP contribution is 2.28. The van der Waals surface area contributed by atoms with Gasteiger partial charge in [0, 0.05) is 18.4 Å². The summed E-state index contributed by atoms with van der Waals surface area (Å²) >= 11 is 0.